The topological polar surface area (TPSA) is 58.3 Å². The number of nitrogens with one attached hydrogen (secondary N) is 1. The van der Waals surface area contributed by atoms with Gasteiger partial charge >= 0.3 is 0 Å². The van der Waals surface area contributed by atoms with Gasteiger partial charge in [-0.3, -0.25) is 0 Å². The van der Waals surface area contributed by atoms with Crippen molar-refractivity contribution in [1.82, 2.24) is 5.32 Å². The molecule has 0 spiro atoms. The Bertz CT molecular complexity index is 384. The highest BCUT2D eigenvalue weighted by atomic mass is 35.5. The van der Waals surface area contributed by atoms with Crippen molar-refractivity contribution in [2.45, 2.75) is 32.9 Å². The van der Waals surface area contributed by atoms with Gasteiger partial charge < -0.3 is 16.2 Å². The number of halogens is 1. The van der Waals surface area contributed by atoms with Gasteiger partial charge in [-0.1, -0.05) is 24.6 Å². The van der Waals surface area contributed by atoms with Gasteiger partial charge in [-0.05, 0) is 43.0 Å². The van der Waals surface area contributed by atoms with Crippen LogP contribution in [0.4, 0.5) is 0 Å². The van der Waals surface area contributed by atoms with Crippen LogP contribution in [-0.4, -0.2) is 24.3 Å². The van der Waals surface area contributed by atoms with E-state index in [0.717, 1.165) is 10.6 Å². The standard InChI is InChI=1S/C14H23ClN2O/c1-9-6-12(15)4-5-13(9)14(7-16)17-11(3)10(2)8-18/h4-6,10-11,14,17-18H,7-8,16H2,1-3H3. The van der Waals surface area contributed by atoms with E-state index in [-0.39, 0.29) is 24.6 Å². The first-order chi connectivity index (χ1) is 8.49. The van der Waals surface area contributed by atoms with Crippen molar-refractivity contribution in [3.63, 3.8) is 0 Å². The third-order valence-electron chi connectivity index (χ3n) is 3.45. The quantitative estimate of drug-likeness (QED) is 0.743. The molecule has 3 unspecified atom stereocenters. The molecule has 0 bridgehead atoms. The van der Waals surface area contributed by atoms with Crippen LogP contribution in [0.15, 0.2) is 18.2 Å². The maximum Gasteiger partial charge on any atom is 0.0471 e. The number of nitrogens with two attached hydrogens (primary N) is 1. The molecule has 0 heterocycles. The highest BCUT2D eigenvalue weighted by molar-refractivity contribution is 6.30. The van der Waals surface area contributed by atoms with Crippen molar-refractivity contribution in [2.24, 2.45) is 11.7 Å². The first-order valence-corrected chi connectivity index (χ1v) is 6.70. The van der Waals surface area contributed by atoms with E-state index >= 15 is 0 Å². The molecule has 102 valence electrons. The van der Waals surface area contributed by atoms with E-state index in [2.05, 4.69) is 12.2 Å². The van der Waals surface area contributed by atoms with Gasteiger partial charge in [0.25, 0.3) is 0 Å². The van der Waals surface area contributed by atoms with Gasteiger partial charge in [0.1, 0.15) is 0 Å². The Morgan fingerprint density at radius 2 is 2.06 bits per heavy atom. The number of aliphatic hydroxyl groups excluding tert-OH is 1. The number of hydrogen-bond donors (Lipinski definition) is 3. The summed E-state index contributed by atoms with van der Waals surface area (Å²) in [6, 6.07) is 6.14. The highest BCUT2D eigenvalue weighted by Crippen LogP contribution is 2.22. The lowest BCUT2D eigenvalue weighted by Gasteiger charge is -2.27. The summed E-state index contributed by atoms with van der Waals surface area (Å²) < 4.78 is 0. The van der Waals surface area contributed by atoms with Crippen LogP contribution >= 0.6 is 11.6 Å². The van der Waals surface area contributed by atoms with E-state index in [0.29, 0.717) is 6.54 Å². The molecule has 4 heteroatoms. The predicted molar refractivity (Wildman–Crippen MR) is 76.8 cm³/mol. The molecule has 0 aliphatic heterocycles. The van der Waals surface area contributed by atoms with Crippen LogP contribution < -0.4 is 11.1 Å². The molecule has 0 amide bonds. The Morgan fingerprint density at radius 3 is 2.56 bits per heavy atom. The molecule has 0 fully saturated rings. The Labute approximate surface area is 114 Å². The average Bonchev–Trinajstić information content (AvgIpc) is 2.35. The van der Waals surface area contributed by atoms with Crippen molar-refractivity contribution in [2.75, 3.05) is 13.2 Å². The molecule has 1 aromatic rings. The molecule has 1 aromatic carbocycles. The van der Waals surface area contributed by atoms with E-state index in [9.17, 15) is 0 Å². The summed E-state index contributed by atoms with van der Waals surface area (Å²) in [5.41, 5.74) is 8.14. The Kier molecular flexibility index (Phi) is 6.09. The summed E-state index contributed by atoms with van der Waals surface area (Å²) in [5, 5.41) is 13.4. The molecule has 0 saturated carbocycles. The van der Waals surface area contributed by atoms with Crippen molar-refractivity contribution < 1.29 is 5.11 Å². The smallest absolute Gasteiger partial charge is 0.0471 e. The Morgan fingerprint density at radius 1 is 1.39 bits per heavy atom. The van der Waals surface area contributed by atoms with Crippen LogP contribution in [-0.2, 0) is 0 Å². The molecule has 0 aromatic heterocycles. The maximum absolute atomic E-state index is 9.16. The lowest BCUT2D eigenvalue weighted by Crippen LogP contribution is -2.39. The molecule has 3 atom stereocenters. The lowest BCUT2D eigenvalue weighted by atomic mass is 9.98. The van der Waals surface area contributed by atoms with Gasteiger partial charge in [0, 0.05) is 30.3 Å². The van der Waals surface area contributed by atoms with E-state index in [4.69, 9.17) is 22.4 Å². The first kappa shape index (κ1) is 15.4. The van der Waals surface area contributed by atoms with Crippen LogP contribution in [0.5, 0.6) is 0 Å². The molecule has 18 heavy (non-hydrogen) atoms. The van der Waals surface area contributed by atoms with Gasteiger partial charge in [0.2, 0.25) is 0 Å². The summed E-state index contributed by atoms with van der Waals surface area (Å²) in [6.07, 6.45) is 0. The summed E-state index contributed by atoms with van der Waals surface area (Å²) in [7, 11) is 0. The van der Waals surface area contributed by atoms with Gasteiger partial charge in [0.15, 0.2) is 0 Å². The predicted octanol–water partition coefficient (Wildman–Crippen LogP) is 2.25. The number of aliphatic hydroxyl groups is 1. The van der Waals surface area contributed by atoms with E-state index in [1.807, 2.05) is 32.0 Å². The van der Waals surface area contributed by atoms with Crippen molar-refractivity contribution >= 4 is 11.6 Å². The summed E-state index contributed by atoms with van der Waals surface area (Å²) in [5.74, 6) is 0.201. The number of rotatable bonds is 6. The van der Waals surface area contributed by atoms with E-state index < -0.39 is 0 Å². The molecular weight excluding hydrogens is 248 g/mol. The zero-order valence-electron chi connectivity index (χ0n) is 11.3. The molecular formula is C14H23ClN2O. The second-order valence-electron chi connectivity index (χ2n) is 4.90. The monoisotopic (exact) mass is 270 g/mol. The van der Waals surface area contributed by atoms with Gasteiger partial charge in [-0.25, -0.2) is 0 Å². The number of benzene rings is 1. The van der Waals surface area contributed by atoms with Gasteiger partial charge in [-0.2, -0.15) is 0 Å². The fourth-order valence-electron chi connectivity index (χ4n) is 1.95. The molecule has 0 radical (unpaired) electrons. The molecule has 0 aliphatic carbocycles. The maximum atomic E-state index is 9.16. The fourth-order valence-corrected chi connectivity index (χ4v) is 2.18. The summed E-state index contributed by atoms with van der Waals surface area (Å²) in [6.45, 7) is 6.80. The summed E-state index contributed by atoms with van der Waals surface area (Å²) >= 11 is 5.96. The molecule has 0 saturated heterocycles. The first-order valence-electron chi connectivity index (χ1n) is 6.32. The van der Waals surface area contributed by atoms with Crippen LogP contribution in [0, 0.1) is 12.8 Å². The van der Waals surface area contributed by atoms with Crippen LogP contribution in [0.1, 0.15) is 31.0 Å². The highest BCUT2D eigenvalue weighted by Gasteiger charge is 2.18. The van der Waals surface area contributed by atoms with Crippen molar-refractivity contribution in [3.8, 4) is 0 Å². The minimum atomic E-state index is 0.0891. The normalized spacial score (nSPS) is 16.3. The Hall–Kier alpha value is -0.610. The summed E-state index contributed by atoms with van der Waals surface area (Å²) in [4.78, 5) is 0. The Balaban J connectivity index is 2.83. The molecule has 0 aliphatic rings. The molecule has 4 N–H and O–H groups in total. The third kappa shape index (κ3) is 3.95. The SMILES string of the molecule is Cc1cc(Cl)ccc1C(CN)NC(C)C(C)CO. The van der Waals surface area contributed by atoms with Crippen LogP contribution in [0.25, 0.3) is 0 Å². The number of hydrogen-bond acceptors (Lipinski definition) is 3. The third-order valence-corrected chi connectivity index (χ3v) is 3.68. The minimum absolute atomic E-state index is 0.0891. The molecule has 3 nitrogen and oxygen atoms in total. The minimum Gasteiger partial charge on any atom is -0.396 e. The fraction of sp³-hybridized carbons (Fsp3) is 0.571. The largest absolute Gasteiger partial charge is 0.396 e. The average molecular weight is 271 g/mol. The van der Waals surface area contributed by atoms with Crippen LogP contribution in [0.3, 0.4) is 0 Å². The van der Waals surface area contributed by atoms with Crippen molar-refractivity contribution in [1.29, 1.82) is 0 Å². The van der Waals surface area contributed by atoms with Gasteiger partial charge in [0.05, 0.1) is 0 Å². The zero-order chi connectivity index (χ0) is 13.7. The van der Waals surface area contributed by atoms with E-state index in [1.165, 1.54) is 5.56 Å². The zero-order valence-corrected chi connectivity index (χ0v) is 12.0. The second-order valence-corrected chi connectivity index (χ2v) is 5.34. The van der Waals surface area contributed by atoms with Crippen molar-refractivity contribution in [3.05, 3.63) is 34.3 Å². The number of aryl methyl sites for hydroxylation is 1. The van der Waals surface area contributed by atoms with E-state index in [1.54, 1.807) is 0 Å². The second kappa shape index (κ2) is 7.10. The van der Waals surface area contributed by atoms with Crippen LogP contribution in [0.2, 0.25) is 5.02 Å². The van der Waals surface area contributed by atoms with Gasteiger partial charge in [-0.15, -0.1) is 0 Å². The molecule has 1 rings (SSSR count). The lowest BCUT2D eigenvalue weighted by molar-refractivity contribution is 0.201.